The molecule has 0 bridgehead atoms. The third kappa shape index (κ3) is 6.55. The van der Waals surface area contributed by atoms with E-state index >= 15 is 0 Å². The average Bonchev–Trinajstić information content (AvgIpc) is 2.83. The lowest BCUT2D eigenvalue weighted by Gasteiger charge is -2.32. The Bertz CT molecular complexity index is 319. The van der Waals surface area contributed by atoms with Gasteiger partial charge in [0.1, 0.15) is 0 Å². The highest BCUT2D eigenvalue weighted by Gasteiger charge is 2.17. The van der Waals surface area contributed by atoms with Gasteiger partial charge in [0.25, 0.3) is 0 Å². The second-order valence-corrected chi connectivity index (χ2v) is 7.11. The van der Waals surface area contributed by atoms with Crippen LogP contribution in [0.4, 0.5) is 0 Å². The zero-order valence-corrected chi connectivity index (χ0v) is 14.0. The fourth-order valence-corrected chi connectivity index (χ4v) is 3.01. The first kappa shape index (κ1) is 16.7. The molecule has 2 nitrogen and oxygen atoms in total. The molecule has 1 N–H and O–H groups in total. The zero-order chi connectivity index (χ0) is 14.3. The van der Waals surface area contributed by atoms with Crippen LogP contribution in [0.2, 0.25) is 0 Å². The molecule has 1 aromatic rings. The van der Waals surface area contributed by atoms with Crippen molar-refractivity contribution in [1.29, 1.82) is 0 Å². The van der Waals surface area contributed by atoms with Crippen LogP contribution < -0.4 is 5.32 Å². The van der Waals surface area contributed by atoms with Crippen molar-refractivity contribution in [1.82, 2.24) is 10.2 Å². The molecule has 0 saturated carbocycles. The van der Waals surface area contributed by atoms with Gasteiger partial charge in [0.15, 0.2) is 0 Å². The highest BCUT2D eigenvalue weighted by Crippen LogP contribution is 2.17. The number of rotatable bonds is 9. The fourth-order valence-electron chi connectivity index (χ4n) is 2.30. The average molecular weight is 282 g/mol. The molecule has 0 amide bonds. The van der Waals surface area contributed by atoms with Crippen LogP contribution in [0.1, 0.15) is 45.9 Å². The monoisotopic (exact) mass is 282 g/mol. The van der Waals surface area contributed by atoms with Gasteiger partial charge in [-0.2, -0.15) is 0 Å². The van der Waals surface area contributed by atoms with Gasteiger partial charge >= 0.3 is 0 Å². The number of hydrogen-bond acceptors (Lipinski definition) is 3. The van der Waals surface area contributed by atoms with Gasteiger partial charge in [0.2, 0.25) is 0 Å². The molecule has 3 heteroatoms. The standard InChI is InChI=1S/C16H30N2S/c1-13(2)11-17-9-8-15(5)18(14(3)4)12-16-7-6-10-19-16/h6-7,10,13-15,17H,8-9,11-12H2,1-5H3. The maximum absolute atomic E-state index is 3.54. The van der Waals surface area contributed by atoms with Gasteiger partial charge < -0.3 is 5.32 Å². The Labute approximate surface area is 123 Å². The number of hydrogen-bond donors (Lipinski definition) is 1. The van der Waals surface area contributed by atoms with Crippen molar-refractivity contribution in [2.75, 3.05) is 13.1 Å². The van der Waals surface area contributed by atoms with E-state index in [-0.39, 0.29) is 0 Å². The lowest BCUT2D eigenvalue weighted by Crippen LogP contribution is -2.39. The summed E-state index contributed by atoms with van der Waals surface area (Å²) in [5.74, 6) is 0.739. The molecule has 1 atom stereocenters. The molecule has 19 heavy (non-hydrogen) atoms. The topological polar surface area (TPSA) is 15.3 Å². The van der Waals surface area contributed by atoms with E-state index in [0.717, 1.165) is 25.6 Å². The predicted octanol–water partition coefficient (Wildman–Crippen LogP) is 3.98. The number of nitrogens with zero attached hydrogens (tertiary/aromatic N) is 1. The van der Waals surface area contributed by atoms with E-state index in [0.29, 0.717) is 12.1 Å². The minimum absolute atomic E-state index is 0.599. The summed E-state index contributed by atoms with van der Waals surface area (Å²) in [6, 6.07) is 5.61. The second kappa shape index (κ2) is 8.72. The van der Waals surface area contributed by atoms with E-state index in [9.17, 15) is 0 Å². The highest BCUT2D eigenvalue weighted by atomic mass is 32.1. The summed E-state index contributed by atoms with van der Waals surface area (Å²) in [5.41, 5.74) is 0. The van der Waals surface area contributed by atoms with Gasteiger partial charge in [-0.3, -0.25) is 4.90 Å². The molecular weight excluding hydrogens is 252 g/mol. The smallest absolute Gasteiger partial charge is 0.0333 e. The van der Waals surface area contributed by atoms with Crippen LogP contribution in [0.3, 0.4) is 0 Å². The number of nitrogens with one attached hydrogen (secondary N) is 1. The van der Waals surface area contributed by atoms with E-state index in [1.54, 1.807) is 0 Å². The predicted molar refractivity (Wildman–Crippen MR) is 86.8 cm³/mol. The molecule has 0 aliphatic carbocycles. The lowest BCUT2D eigenvalue weighted by molar-refractivity contribution is 0.148. The quantitative estimate of drug-likeness (QED) is 0.689. The van der Waals surface area contributed by atoms with Crippen LogP contribution in [0, 0.1) is 5.92 Å². The molecule has 110 valence electrons. The molecule has 0 aliphatic heterocycles. The molecule has 1 rings (SSSR count). The molecule has 0 saturated heterocycles. The first-order chi connectivity index (χ1) is 9.00. The Morgan fingerprint density at radius 3 is 2.47 bits per heavy atom. The van der Waals surface area contributed by atoms with Gasteiger partial charge in [0.05, 0.1) is 0 Å². The maximum atomic E-state index is 3.54. The van der Waals surface area contributed by atoms with E-state index in [4.69, 9.17) is 0 Å². The highest BCUT2D eigenvalue weighted by molar-refractivity contribution is 7.09. The second-order valence-electron chi connectivity index (χ2n) is 6.08. The summed E-state index contributed by atoms with van der Waals surface area (Å²) < 4.78 is 0. The lowest BCUT2D eigenvalue weighted by atomic mass is 10.1. The summed E-state index contributed by atoms with van der Waals surface area (Å²) in [6.07, 6.45) is 1.22. The summed E-state index contributed by atoms with van der Waals surface area (Å²) in [5, 5.41) is 5.71. The van der Waals surface area contributed by atoms with E-state index in [2.05, 4.69) is 62.3 Å². The van der Waals surface area contributed by atoms with E-state index < -0.39 is 0 Å². The summed E-state index contributed by atoms with van der Waals surface area (Å²) in [7, 11) is 0. The van der Waals surface area contributed by atoms with Crippen molar-refractivity contribution in [2.24, 2.45) is 5.92 Å². The Kier molecular flexibility index (Phi) is 7.66. The van der Waals surface area contributed by atoms with Gasteiger partial charge in [-0.05, 0) is 57.6 Å². The molecule has 0 aliphatic rings. The van der Waals surface area contributed by atoms with Crippen LogP contribution in [-0.4, -0.2) is 30.1 Å². The number of thiophene rings is 1. The minimum atomic E-state index is 0.599. The van der Waals surface area contributed by atoms with Crippen LogP contribution >= 0.6 is 11.3 Å². The summed E-state index contributed by atoms with van der Waals surface area (Å²) >= 11 is 1.86. The van der Waals surface area contributed by atoms with Crippen molar-refractivity contribution in [3.05, 3.63) is 22.4 Å². The molecule has 0 spiro atoms. The molecule has 0 radical (unpaired) electrons. The normalized spacial score (nSPS) is 13.7. The summed E-state index contributed by atoms with van der Waals surface area (Å²) in [4.78, 5) is 4.07. The SMILES string of the molecule is CC(C)CNCCC(C)N(Cc1cccs1)C(C)C. The fraction of sp³-hybridized carbons (Fsp3) is 0.750. The van der Waals surface area contributed by atoms with Gasteiger partial charge in [0, 0.05) is 23.5 Å². The Morgan fingerprint density at radius 1 is 1.21 bits per heavy atom. The van der Waals surface area contributed by atoms with Gasteiger partial charge in [-0.1, -0.05) is 19.9 Å². The first-order valence-corrected chi connectivity index (χ1v) is 8.37. The van der Waals surface area contributed by atoms with E-state index in [1.807, 2.05) is 11.3 Å². The largest absolute Gasteiger partial charge is 0.316 e. The van der Waals surface area contributed by atoms with Crippen LogP contribution in [0.25, 0.3) is 0 Å². The van der Waals surface area contributed by atoms with Crippen molar-refractivity contribution < 1.29 is 0 Å². The molecule has 1 aromatic heterocycles. The molecule has 0 aromatic carbocycles. The third-order valence-electron chi connectivity index (χ3n) is 3.44. The molecule has 1 unspecified atom stereocenters. The zero-order valence-electron chi connectivity index (χ0n) is 13.1. The van der Waals surface area contributed by atoms with Gasteiger partial charge in [-0.15, -0.1) is 11.3 Å². The van der Waals surface area contributed by atoms with Crippen LogP contribution in [-0.2, 0) is 6.54 Å². The van der Waals surface area contributed by atoms with Gasteiger partial charge in [-0.25, -0.2) is 0 Å². The van der Waals surface area contributed by atoms with Crippen molar-refractivity contribution >= 4 is 11.3 Å². The van der Waals surface area contributed by atoms with Crippen LogP contribution in [0.15, 0.2) is 17.5 Å². The van der Waals surface area contributed by atoms with Crippen molar-refractivity contribution in [3.63, 3.8) is 0 Å². The third-order valence-corrected chi connectivity index (χ3v) is 4.30. The first-order valence-electron chi connectivity index (χ1n) is 7.49. The molecule has 0 fully saturated rings. The molecule has 1 heterocycles. The Balaban J connectivity index is 2.38. The Morgan fingerprint density at radius 2 is 1.95 bits per heavy atom. The maximum Gasteiger partial charge on any atom is 0.0333 e. The minimum Gasteiger partial charge on any atom is -0.316 e. The Hall–Kier alpha value is -0.380. The molecular formula is C16H30N2S. The van der Waals surface area contributed by atoms with Crippen molar-refractivity contribution in [3.8, 4) is 0 Å². The van der Waals surface area contributed by atoms with Crippen molar-refractivity contribution in [2.45, 2.75) is 59.7 Å². The summed E-state index contributed by atoms with van der Waals surface area (Å²) in [6.45, 7) is 14.8. The van der Waals surface area contributed by atoms with Crippen LogP contribution in [0.5, 0.6) is 0 Å². The van der Waals surface area contributed by atoms with E-state index in [1.165, 1.54) is 11.3 Å².